The van der Waals surface area contributed by atoms with Gasteiger partial charge in [-0.25, -0.2) is 0 Å². The highest BCUT2D eigenvalue weighted by molar-refractivity contribution is 5.96. The summed E-state index contributed by atoms with van der Waals surface area (Å²) < 4.78 is 3.78. The molecule has 1 N–H and O–H groups in total. The standard InChI is InChI=1S/C15H23N5O/c1-5-9-20-13(4)14(12(3)18-20)15(21)16-8-10-19-11(2)6-7-17-19/h6-7H,5,8-10H2,1-4H3,(H,16,21). The van der Waals surface area contributed by atoms with Crippen molar-refractivity contribution >= 4 is 5.91 Å². The molecule has 2 aromatic heterocycles. The second kappa shape index (κ2) is 6.56. The SMILES string of the molecule is CCCn1nc(C)c(C(=O)NCCn2nccc2C)c1C. The van der Waals surface area contributed by atoms with Gasteiger partial charge in [-0.05, 0) is 33.3 Å². The lowest BCUT2D eigenvalue weighted by atomic mass is 10.2. The molecule has 0 saturated carbocycles. The summed E-state index contributed by atoms with van der Waals surface area (Å²) in [5.74, 6) is -0.0582. The Morgan fingerprint density at radius 1 is 1.24 bits per heavy atom. The fourth-order valence-electron chi connectivity index (χ4n) is 2.45. The van der Waals surface area contributed by atoms with E-state index in [1.807, 2.05) is 36.2 Å². The van der Waals surface area contributed by atoms with Crippen LogP contribution in [0.15, 0.2) is 12.3 Å². The van der Waals surface area contributed by atoms with Crippen molar-refractivity contribution in [1.29, 1.82) is 0 Å². The summed E-state index contributed by atoms with van der Waals surface area (Å²) in [6.45, 7) is 9.99. The van der Waals surface area contributed by atoms with Gasteiger partial charge >= 0.3 is 0 Å². The predicted octanol–water partition coefficient (Wildman–Crippen LogP) is 1.84. The molecule has 2 aromatic rings. The first-order chi connectivity index (χ1) is 10.0. The second-order valence-electron chi connectivity index (χ2n) is 5.22. The second-order valence-corrected chi connectivity index (χ2v) is 5.22. The third kappa shape index (κ3) is 3.32. The van der Waals surface area contributed by atoms with Crippen molar-refractivity contribution in [3.63, 3.8) is 0 Å². The van der Waals surface area contributed by atoms with Crippen LogP contribution in [-0.2, 0) is 13.1 Å². The number of carbonyl (C=O) groups is 1. The molecule has 0 bridgehead atoms. The number of carbonyl (C=O) groups excluding carboxylic acids is 1. The number of hydrogen-bond acceptors (Lipinski definition) is 3. The summed E-state index contributed by atoms with van der Waals surface area (Å²) in [4.78, 5) is 12.3. The number of amides is 1. The molecule has 21 heavy (non-hydrogen) atoms. The van der Waals surface area contributed by atoms with Crippen LogP contribution in [0.4, 0.5) is 0 Å². The molecule has 0 unspecified atom stereocenters. The Morgan fingerprint density at radius 3 is 2.62 bits per heavy atom. The summed E-state index contributed by atoms with van der Waals surface area (Å²) in [7, 11) is 0. The number of nitrogens with one attached hydrogen (secondary N) is 1. The first-order valence-corrected chi connectivity index (χ1v) is 7.35. The monoisotopic (exact) mass is 289 g/mol. The van der Waals surface area contributed by atoms with Crippen LogP contribution in [-0.4, -0.2) is 32.0 Å². The molecule has 0 saturated heterocycles. The summed E-state index contributed by atoms with van der Waals surface area (Å²) in [5, 5.41) is 11.6. The lowest BCUT2D eigenvalue weighted by Crippen LogP contribution is -2.28. The number of nitrogens with zero attached hydrogens (tertiary/aromatic N) is 4. The van der Waals surface area contributed by atoms with Crippen LogP contribution in [0.2, 0.25) is 0 Å². The van der Waals surface area contributed by atoms with E-state index in [-0.39, 0.29) is 5.91 Å². The lowest BCUT2D eigenvalue weighted by molar-refractivity contribution is 0.0950. The number of aromatic nitrogens is 4. The van der Waals surface area contributed by atoms with E-state index >= 15 is 0 Å². The molecule has 1 amide bonds. The molecule has 2 rings (SSSR count). The normalized spacial score (nSPS) is 10.9. The van der Waals surface area contributed by atoms with Gasteiger partial charge in [-0.15, -0.1) is 0 Å². The van der Waals surface area contributed by atoms with E-state index in [0.29, 0.717) is 18.7 Å². The average molecular weight is 289 g/mol. The van der Waals surface area contributed by atoms with Crippen LogP contribution >= 0.6 is 0 Å². The van der Waals surface area contributed by atoms with E-state index in [0.717, 1.165) is 30.0 Å². The van der Waals surface area contributed by atoms with Gasteiger partial charge in [0.1, 0.15) is 0 Å². The van der Waals surface area contributed by atoms with E-state index in [9.17, 15) is 4.79 Å². The molecule has 114 valence electrons. The van der Waals surface area contributed by atoms with Crippen molar-refractivity contribution in [2.24, 2.45) is 0 Å². The first-order valence-electron chi connectivity index (χ1n) is 7.35. The van der Waals surface area contributed by atoms with Gasteiger partial charge in [-0.1, -0.05) is 6.92 Å². The van der Waals surface area contributed by atoms with Gasteiger partial charge in [0.25, 0.3) is 5.91 Å². The molecule has 0 atom stereocenters. The van der Waals surface area contributed by atoms with E-state index in [2.05, 4.69) is 22.4 Å². The summed E-state index contributed by atoms with van der Waals surface area (Å²) in [6.07, 6.45) is 2.77. The third-order valence-corrected chi connectivity index (χ3v) is 3.58. The van der Waals surface area contributed by atoms with E-state index < -0.39 is 0 Å². The maximum atomic E-state index is 12.3. The van der Waals surface area contributed by atoms with Gasteiger partial charge in [0.05, 0.1) is 17.8 Å². The van der Waals surface area contributed by atoms with Crippen molar-refractivity contribution in [3.8, 4) is 0 Å². The average Bonchev–Trinajstić information content (AvgIpc) is 2.95. The highest BCUT2D eigenvalue weighted by Gasteiger charge is 2.17. The molecule has 2 heterocycles. The third-order valence-electron chi connectivity index (χ3n) is 3.58. The Hall–Kier alpha value is -2.11. The van der Waals surface area contributed by atoms with E-state index in [1.54, 1.807) is 6.20 Å². The fraction of sp³-hybridized carbons (Fsp3) is 0.533. The van der Waals surface area contributed by atoms with Gasteiger partial charge in [0, 0.05) is 30.7 Å². The Bertz CT molecular complexity index is 626. The van der Waals surface area contributed by atoms with Crippen molar-refractivity contribution in [1.82, 2.24) is 24.9 Å². The molecular formula is C15H23N5O. The smallest absolute Gasteiger partial charge is 0.255 e. The zero-order chi connectivity index (χ0) is 15.4. The zero-order valence-electron chi connectivity index (χ0n) is 13.2. The van der Waals surface area contributed by atoms with E-state index in [4.69, 9.17) is 0 Å². The summed E-state index contributed by atoms with van der Waals surface area (Å²) in [6, 6.07) is 1.95. The molecule has 0 fully saturated rings. The van der Waals surface area contributed by atoms with Crippen molar-refractivity contribution in [2.45, 2.75) is 47.2 Å². The lowest BCUT2D eigenvalue weighted by Gasteiger charge is -2.07. The molecule has 6 heteroatoms. The van der Waals surface area contributed by atoms with Crippen LogP contribution < -0.4 is 5.32 Å². The Kier molecular flexibility index (Phi) is 4.77. The van der Waals surface area contributed by atoms with Crippen molar-refractivity contribution in [2.75, 3.05) is 6.54 Å². The highest BCUT2D eigenvalue weighted by Crippen LogP contribution is 2.13. The molecule has 0 aliphatic rings. The molecule has 0 aliphatic carbocycles. The minimum Gasteiger partial charge on any atom is -0.350 e. The Balaban J connectivity index is 1.99. The van der Waals surface area contributed by atoms with Crippen LogP contribution in [0.25, 0.3) is 0 Å². The summed E-state index contributed by atoms with van der Waals surface area (Å²) >= 11 is 0. The molecular weight excluding hydrogens is 266 g/mol. The van der Waals surface area contributed by atoms with Crippen LogP contribution in [0.3, 0.4) is 0 Å². The van der Waals surface area contributed by atoms with Gasteiger partial charge in [-0.3, -0.25) is 14.2 Å². The van der Waals surface area contributed by atoms with E-state index in [1.165, 1.54) is 0 Å². The maximum Gasteiger partial charge on any atom is 0.255 e. The zero-order valence-corrected chi connectivity index (χ0v) is 13.2. The van der Waals surface area contributed by atoms with Crippen molar-refractivity contribution in [3.05, 3.63) is 34.9 Å². The van der Waals surface area contributed by atoms with Gasteiger partial charge in [-0.2, -0.15) is 10.2 Å². The van der Waals surface area contributed by atoms with Gasteiger partial charge in [0.15, 0.2) is 0 Å². The van der Waals surface area contributed by atoms with Crippen molar-refractivity contribution < 1.29 is 4.79 Å². The highest BCUT2D eigenvalue weighted by atomic mass is 16.1. The topological polar surface area (TPSA) is 64.7 Å². The Labute approximate surface area is 125 Å². The minimum atomic E-state index is -0.0582. The Morgan fingerprint density at radius 2 is 2.00 bits per heavy atom. The van der Waals surface area contributed by atoms with Crippen LogP contribution in [0.5, 0.6) is 0 Å². The molecule has 0 aromatic carbocycles. The van der Waals surface area contributed by atoms with Gasteiger partial charge in [0.2, 0.25) is 0 Å². The molecule has 6 nitrogen and oxygen atoms in total. The molecule has 0 aliphatic heterocycles. The fourth-order valence-corrected chi connectivity index (χ4v) is 2.45. The number of hydrogen-bond donors (Lipinski definition) is 1. The number of rotatable bonds is 6. The number of aryl methyl sites for hydroxylation is 3. The minimum absolute atomic E-state index is 0.0582. The first kappa shape index (κ1) is 15.3. The predicted molar refractivity (Wildman–Crippen MR) is 81.3 cm³/mol. The largest absolute Gasteiger partial charge is 0.350 e. The van der Waals surface area contributed by atoms with Crippen LogP contribution in [0.1, 0.15) is 40.8 Å². The summed E-state index contributed by atoms with van der Waals surface area (Å²) in [5.41, 5.74) is 3.50. The van der Waals surface area contributed by atoms with Crippen LogP contribution in [0, 0.1) is 20.8 Å². The molecule has 0 radical (unpaired) electrons. The molecule has 0 spiro atoms. The quantitative estimate of drug-likeness (QED) is 0.882. The van der Waals surface area contributed by atoms with Gasteiger partial charge < -0.3 is 5.32 Å². The maximum absolute atomic E-state index is 12.3.